The van der Waals surface area contributed by atoms with Crippen LogP contribution in [0.25, 0.3) is 0 Å². The summed E-state index contributed by atoms with van der Waals surface area (Å²) in [4.78, 5) is 23.5. The Morgan fingerprint density at radius 3 is 2.11 bits per heavy atom. The predicted molar refractivity (Wildman–Crippen MR) is 74.5 cm³/mol. The van der Waals surface area contributed by atoms with Crippen molar-refractivity contribution in [3.63, 3.8) is 0 Å². The van der Waals surface area contributed by atoms with Crippen molar-refractivity contribution in [2.24, 2.45) is 14.1 Å². The zero-order chi connectivity index (χ0) is 14.1. The number of aromatic hydroxyl groups is 1. The number of hydrogen-bond donors (Lipinski definition) is 1. The third-order valence-electron chi connectivity index (χ3n) is 2.51. The van der Waals surface area contributed by atoms with Gasteiger partial charge in [0.1, 0.15) is 4.90 Å². The van der Waals surface area contributed by atoms with E-state index < -0.39 is 26.3 Å². The third-order valence-corrected chi connectivity index (χ3v) is 4.70. The molecule has 18 heavy (non-hydrogen) atoms. The molecule has 0 fully saturated rings. The maximum absolute atomic E-state index is 12.1. The predicted octanol–water partition coefficient (Wildman–Crippen LogP) is -0.282. The van der Waals surface area contributed by atoms with Gasteiger partial charge in [-0.1, -0.05) is 10.0 Å². The van der Waals surface area contributed by atoms with Gasteiger partial charge in [-0.2, -0.15) is 0 Å². The maximum Gasteiger partial charge on any atom is 0.333 e. The molecule has 0 unspecified atom stereocenters. The molecule has 0 aliphatic heterocycles. The molecule has 5 nitrogen and oxygen atoms in total. The fourth-order valence-electron chi connectivity index (χ4n) is 1.41. The van der Waals surface area contributed by atoms with Gasteiger partial charge >= 0.3 is 5.69 Å². The summed E-state index contributed by atoms with van der Waals surface area (Å²) >= 11 is 0. The Balaban J connectivity index is 4.32. The minimum atomic E-state index is -2.55. The minimum absolute atomic E-state index is 0.139. The van der Waals surface area contributed by atoms with E-state index in [0.717, 1.165) is 9.13 Å². The smallest absolute Gasteiger partial charge is 0.333 e. The van der Waals surface area contributed by atoms with E-state index in [4.69, 9.17) is 6.42 Å². The molecule has 0 radical (unpaired) electrons. The second kappa shape index (κ2) is 4.52. The molecule has 1 rings (SSSR count). The highest BCUT2D eigenvalue weighted by Crippen LogP contribution is 2.34. The van der Waals surface area contributed by atoms with Crippen molar-refractivity contribution in [2.75, 3.05) is 0 Å². The molecule has 0 aliphatic carbocycles. The van der Waals surface area contributed by atoms with E-state index in [0.29, 0.717) is 0 Å². The molecule has 0 saturated heterocycles. The highest BCUT2D eigenvalue weighted by Gasteiger charge is 2.19. The average Bonchev–Trinajstić information content (AvgIpc) is 2.39. The molecule has 0 bridgehead atoms. The fourth-order valence-corrected chi connectivity index (χ4v) is 2.89. The summed E-state index contributed by atoms with van der Waals surface area (Å²) in [5.74, 6) is -0.511. The van der Waals surface area contributed by atoms with Crippen molar-refractivity contribution >= 4 is 19.3 Å². The first-order chi connectivity index (χ1) is 8.36. The van der Waals surface area contributed by atoms with Gasteiger partial charge < -0.3 is 5.11 Å². The molecular formula is C12H12N2O3S. The lowest BCUT2D eigenvalue weighted by Gasteiger charge is -2.12. The van der Waals surface area contributed by atoms with Crippen molar-refractivity contribution in [3.8, 4) is 17.6 Å². The Morgan fingerprint density at radius 2 is 1.72 bits per heavy atom. The number of rotatable bonds is 1. The van der Waals surface area contributed by atoms with E-state index in [9.17, 15) is 14.7 Å². The van der Waals surface area contributed by atoms with Gasteiger partial charge in [-0.05, 0) is 27.6 Å². The van der Waals surface area contributed by atoms with Crippen molar-refractivity contribution in [1.82, 2.24) is 9.13 Å². The lowest BCUT2D eigenvalue weighted by Crippen LogP contribution is -2.38. The maximum atomic E-state index is 12.1. The molecule has 0 spiro atoms. The molecule has 0 amide bonds. The van der Waals surface area contributed by atoms with E-state index in [1.165, 1.54) is 14.1 Å². The fraction of sp³-hybridized carbons (Fsp3) is 0.167. The zero-order valence-corrected chi connectivity index (χ0v) is 10.9. The standard InChI is InChI=1S/C12H12N2O3S/c1-6-18(7-2,8-3)9-10(15)13(4)12(17)14(5)11(9)16/h1,15H,2-3H2,4-5H3. The second-order valence-corrected chi connectivity index (χ2v) is 5.82. The summed E-state index contributed by atoms with van der Waals surface area (Å²) in [7, 11) is 0.0695. The van der Waals surface area contributed by atoms with Crippen LogP contribution in [0.2, 0.25) is 0 Å². The first-order valence-corrected chi connectivity index (χ1v) is 6.37. The summed E-state index contributed by atoms with van der Waals surface area (Å²) in [6.07, 6.45) is 5.37. The van der Waals surface area contributed by atoms with E-state index in [2.05, 4.69) is 28.5 Å². The van der Waals surface area contributed by atoms with Crippen LogP contribution in [-0.4, -0.2) is 24.3 Å². The quantitative estimate of drug-likeness (QED) is 0.560. The molecule has 1 heterocycles. The van der Waals surface area contributed by atoms with Crippen LogP contribution >= 0.6 is 9.21 Å². The van der Waals surface area contributed by atoms with Gasteiger partial charge in [0.05, 0.1) is 0 Å². The van der Waals surface area contributed by atoms with Gasteiger partial charge in [0, 0.05) is 14.1 Å². The molecular weight excluding hydrogens is 252 g/mol. The highest BCUT2D eigenvalue weighted by molar-refractivity contribution is 8.32. The van der Waals surface area contributed by atoms with Crippen molar-refractivity contribution < 1.29 is 5.11 Å². The van der Waals surface area contributed by atoms with Crippen LogP contribution in [0.15, 0.2) is 27.6 Å². The van der Waals surface area contributed by atoms with E-state index in [-0.39, 0.29) is 4.90 Å². The summed E-state index contributed by atoms with van der Waals surface area (Å²) in [6.45, 7) is 6.87. The monoisotopic (exact) mass is 264 g/mol. The van der Waals surface area contributed by atoms with Crippen LogP contribution in [-0.2, 0) is 14.1 Å². The number of terminal acetylenes is 1. The molecule has 1 aromatic rings. The number of hydrogen-bond acceptors (Lipinski definition) is 3. The summed E-state index contributed by atoms with van der Waals surface area (Å²) < 4.78 is 1.77. The lowest BCUT2D eigenvalue weighted by molar-refractivity contribution is 0.394. The second-order valence-electron chi connectivity index (χ2n) is 3.38. The molecule has 0 aliphatic rings. The SMILES string of the molecule is C#CS(=C=C)(=C=C)c1c(O)n(C)c(=O)n(C)c1=O. The first kappa shape index (κ1) is 13.8. The van der Waals surface area contributed by atoms with Crippen LogP contribution in [0.5, 0.6) is 5.88 Å². The molecule has 94 valence electrons. The Bertz CT molecular complexity index is 825. The highest BCUT2D eigenvalue weighted by atomic mass is 32.2. The topological polar surface area (TPSA) is 64.2 Å². The van der Waals surface area contributed by atoms with Crippen LogP contribution in [0.4, 0.5) is 0 Å². The average molecular weight is 264 g/mol. The Hall–Kier alpha value is -2.31. The first-order valence-electron chi connectivity index (χ1n) is 4.73. The van der Waals surface area contributed by atoms with Gasteiger partial charge in [0.2, 0.25) is 5.88 Å². The Morgan fingerprint density at radius 1 is 1.22 bits per heavy atom. The van der Waals surface area contributed by atoms with Gasteiger partial charge in [-0.15, -0.1) is 6.42 Å². The largest absolute Gasteiger partial charge is 0.493 e. The number of nitrogens with zero attached hydrogens (tertiary/aromatic N) is 2. The van der Waals surface area contributed by atoms with Crippen LogP contribution in [0.1, 0.15) is 0 Å². The summed E-state index contributed by atoms with van der Waals surface area (Å²) in [5, 5.41) is 17.3. The molecule has 1 N–H and O–H groups in total. The normalized spacial score (nSPS) is 10.3. The van der Waals surface area contributed by atoms with E-state index in [1.54, 1.807) is 0 Å². The van der Waals surface area contributed by atoms with Gasteiger partial charge in [-0.3, -0.25) is 13.9 Å². The van der Waals surface area contributed by atoms with E-state index in [1.807, 2.05) is 0 Å². The lowest BCUT2D eigenvalue weighted by atomic mass is 10.6. The zero-order valence-electron chi connectivity index (χ0n) is 10.1. The molecule has 0 atom stereocenters. The van der Waals surface area contributed by atoms with Gasteiger partial charge in [0.25, 0.3) is 5.56 Å². The molecule has 0 saturated carbocycles. The van der Waals surface area contributed by atoms with Gasteiger partial charge in [-0.25, -0.2) is 4.79 Å². The Kier molecular flexibility index (Phi) is 3.45. The van der Waals surface area contributed by atoms with Crippen LogP contribution in [0, 0.1) is 11.7 Å². The van der Waals surface area contributed by atoms with Crippen molar-refractivity contribution in [2.45, 2.75) is 4.90 Å². The van der Waals surface area contributed by atoms with Crippen molar-refractivity contribution in [3.05, 3.63) is 34.0 Å². The van der Waals surface area contributed by atoms with Crippen LogP contribution < -0.4 is 11.2 Å². The minimum Gasteiger partial charge on any atom is -0.493 e. The molecule has 6 heteroatoms. The molecule has 1 aromatic heterocycles. The third kappa shape index (κ3) is 1.64. The summed E-state index contributed by atoms with van der Waals surface area (Å²) in [5.41, 5.74) is -1.35. The van der Waals surface area contributed by atoms with Crippen LogP contribution in [0.3, 0.4) is 0 Å². The molecule has 0 aromatic carbocycles. The van der Waals surface area contributed by atoms with Gasteiger partial charge in [0.15, 0.2) is 0 Å². The van der Waals surface area contributed by atoms with Crippen molar-refractivity contribution in [1.29, 1.82) is 0 Å². The van der Waals surface area contributed by atoms with E-state index >= 15 is 0 Å². The Labute approximate surface area is 104 Å². The number of aromatic nitrogens is 2. The summed E-state index contributed by atoms with van der Waals surface area (Å²) in [6, 6.07) is 0.